The number of carbonyl (C=O) groups excluding carboxylic acids is 4. The summed E-state index contributed by atoms with van der Waals surface area (Å²) in [6, 6.07) is 12.9. The molecule has 5 atom stereocenters. The number of aliphatic hydroxyl groups excluding tert-OH is 1. The van der Waals surface area contributed by atoms with E-state index in [1.165, 1.54) is 9.78 Å². The zero-order valence-corrected chi connectivity index (χ0v) is 44.6. The van der Waals surface area contributed by atoms with Crippen molar-refractivity contribution in [3.8, 4) is 15.4 Å². The number of fused-ring (bicyclic) bond motifs is 3. The maximum absolute atomic E-state index is 14.3. The van der Waals surface area contributed by atoms with Gasteiger partial charge < -0.3 is 30.7 Å². The van der Waals surface area contributed by atoms with E-state index in [1.54, 1.807) is 22.7 Å². The molecule has 72 heavy (non-hydrogen) atoms. The van der Waals surface area contributed by atoms with Crippen molar-refractivity contribution in [3.05, 3.63) is 104 Å². The number of hydrogen-bond acceptors (Lipinski definition) is 13. The Balaban J connectivity index is 0.736. The van der Waals surface area contributed by atoms with Gasteiger partial charge in [-0.25, -0.2) is 4.98 Å². The summed E-state index contributed by atoms with van der Waals surface area (Å²) in [7, 11) is 0. The van der Waals surface area contributed by atoms with Crippen LogP contribution >= 0.6 is 34.3 Å². The van der Waals surface area contributed by atoms with Crippen LogP contribution < -0.4 is 16.0 Å². The maximum atomic E-state index is 14.3. The molecule has 0 radical (unpaired) electrons. The van der Waals surface area contributed by atoms with Crippen molar-refractivity contribution in [2.75, 3.05) is 26.2 Å². The largest absolute Gasteiger partial charge is 0.391 e. The molecule has 3 aliphatic heterocycles. The predicted octanol–water partition coefficient (Wildman–Crippen LogP) is 7.12. The summed E-state index contributed by atoms with van der Waals surface area (Å²) in [5, 5.41) is 30.6. The third kappa shape index (κ3) is 11.1. The average molecular weight is 1040 g/mol. The monoisotopic (exact) mass is 1040 g/mol. The van der Waals surface area contributed by atoms with Crippen molar-refractivity contribution >= 4 is 63.6 Å². The highest BCUT2D eigenvalue weighted by Gasteiger charge is 2.45. The Labute approximate surface area is 434 Å². The summed E-state index contributed by atoms with van der Waals surface area (Å²) in [5.74, 6) is 0.248. The van der Waals surface area contributed by atoms with Crippen molar-refractivity contribution in [2.45, 2.75) is 142 Å². The van der Waals surface area contributed by atoms with Gasteiger partial charge in [0, 0.05) is 53.1 Å². The number of amides is 4. The molecule has 6 heterocycles. The van der Waals surface area contributed by atoms with E-state index >= 15 is 0 Å². The molecule has 3 aromatic heterocycles. The van der Waals surface area contributed by atoms with Gasteiger partial charge in [0.15, 0.2) is 5.82 Å². The molecule has 4 N–H and O–H groups in total. The van der Waals surface area contributed by atoms with Crippen LogP contribution in [0, 0.1) is 33.1 Å². The van der Waals surface area contributed by atoms with E-state index in [9.17, 15) is 24.3 Å². The average Bonchev–Trinajstić information content (AvgIpc) is 4.10. The zero-order chi connectivity index (χ0) is 51.2. The van der Waals surface area contributed by atoms with Gasteiger partial charge in [-0.3, -0.25) is 33.6 Å². The minimum Gasteiger partial charge on any atom is -0.391 e. The van der Waals surface area contributed by atoms with Crippen LogP contribution in [0.25, 0.3) is 15.4 Å². The first-order valence-electron chi connectivity index (χ1n) is 24.9. The first-order chi connectivity index (χ1) is 34.3. The number of halogens is 1. The Morgan fingerprint density at radius 3 is 2.26 bits per heavy atom. The van der Waals surface area contributed by atoms with Gasteiger partial charge in [0.25, 0.3) is 0 Å². The van der Waals surface area contributed by atoms with Crippen LogP contribution in [0.5, 0.6) is 0 Å². The van der Waals surface area contributed by atoms with E-state index in [2.05, 4.69) is 49.9 Å². The van der Waals surface area contributed by atoms with Crippen molar-refractivity contribution < 1.29 is 29.0 Å². The third-order valence-corrected chi connectivity index (χ3v) is 17.0. The number of β-amino-alcohol motifs (C(OH)–C–C–N with tert-alkyl or cyclic N) is 1. The Bertz CT molecular complexity index is 2840. The van der Waals surface area contributed by atoms with Crippen molar-refractivity contribution in [3.63, 3.8) is 0 Å². The fraction of sp³-hybridized carbons (Fsp3) is 0.509. The Morgan fingerprint density at radius 2 is 1.60 bits per heavy atom. The fourth-order valence-electron chi connectivity index (χ4n) is 10.3. The lowest BCUT2D eigenvalue weighted by molar-refractivity contribution is -0.144. The van der Waals surface area contributed by atoms with Crippen molar-refractivity contribution in [1.82, 2.24) is 45.5 Å². The van der Waals surface area contributed by atoms with E-state index in [4.69, 9.17) is 21.3 Å². The van der Waals surface area contributed by atoms with Crippen LogP contribution in [0.1, 0.15) is 123 Å². The number of aliphatic hydroxyl groups is 1. The minimum atomic E-state index is -0.919. The molecule has 3 fully saturated rings. The highest BCUT2D eigenvalue weighted by atomic mass is 35.5. The fourth-order valence-corrected chi connectivity index (χ4v) is 12.4. The second kappa shape index (κ2) is 21.2. The standard InChI is InChI=1S/C53H65ClN10O6S2/c1-28-31(4)72-52-45(28)46(34-13-15-36(54)16-14-34)58-41(49-61-60-32(5)64(49)52)24-43(66)57-37-21-40(22-37)70-39-17-19-62(20-18-39)26-44(67)59-48(53(6,7)8)51(69)63-25-38(65)23-42(63)50(68)56-29(2)33-9-11-35(12-10-33)47-30(3)55-27-71-47/h9-16,27,29,37-42,48,65H,17-26H2,1-8H3,(H,56,68)(H,57,66)(H,59,67)/t29-,37-,38+,40-,41-,42-,48+/m0/s1. The number of carbonyl (C=O) groups is 4. The van der Waals surface area contributed by atoms with E-state index in [0.29, 0.717) is 36.8 Å². The molecule has 0 bridgehead atoms. The number of nitrogens with one attached hydrogen (secondary N) is 3. The molecular formula is C53H65ClN10O6S2. The SMILES string of the molecule is Cc1ncsc1-c1ccc([C@H](C)NC(=O)[C@@H]2C[C@@H](O)CN2C(=O)[C@@H](NC(=O)CN2CCC(O[C@H]3C[C@H](NC(=O)C[C@@H]4N=C(c5ccc(Cl)cc5)c5c(sc(C)c5C)-n5c(C)nnc54)C3)CC2)C(C)(C)C)cc1. The van der Waals surface area contributed by atoms with Gasteiger partial charge in [0.2, 0.25) is 23.6 Å². The van der Waals surface area contributed by atoms with Gasteiger partial charge in [0.05, 0.1) is 59.1 Å². The molecule has 1 aliphatic carbocycles. The number of hydrogen-bond donors (Lipinski definition) is 4. The summed E-state index contributed by atoms with van der Waals surface area (Å²) in [6.45, 7) is 17.1. The topological polar surface area (TPSA) is 196 Å². The summed E-state index contributed by atoms with van der Waals surface area (Å²) < 4.78 is 8.55. The van der Waals surface area contributed by atoms with Gasteiger partial charge in [-0.15, -0.1) is 32.9 Å². The molecule has 5 aromatic rings. The molecular weight excluding hydrogens is 972 g/mol. The van der Waals surface area contributed by atoms with Crippen LogP contribution in [0.15, 0.2) is 59.0 Å². The Morgan fingerprint density at radius 1 is 0.903 bits per heavy atom. The van der Waals surface area contributed by atoms with Gasteiger partial charge >= 0.3 is 0 Å². The molecule has 2 saturated heterocycles. The molecule has 16 nitrogen and oxygen atoms in total. The molecule has 2 aromatic carbocycles. The van der Waals surface area contributed by atoms with Crippen molar-refractivity contribution in [2.24, 2.45) is 10.4 Å². The van der Waals surface area contributed by atoms with Gasteiger partial charge in [-0.05, 0) is 94.5 Å². The Hall–Kier alpha value is -5.37. The number of rotatable bonds is 14. The number of benzene rings is 2. The van der Waals surface area contributed by atoms with Crippen LogP contribution in [0.4, 0.5) is 0 Å². The molecule has 0 spiro atoms. The zero-order valence-electron chi connectivity index (χ0n) is 42.2. The summed E-state index contributed by atoms with van der Waals surface area (Å²) in [6.07, 6.45) is 2.34. The van der Waals surface area contributed by atoms with E-state index in [-0.39, 0.29) is 67.9 Å². The minimum absolute atomic E-state index is 0.00137. The lowest BCUT2D eigenvalue weighted by Crippen LogP contribution is -2.59. The van der Waals surface area contributed by atoms with Crippen LogP contribution in [-0.4, -0.2) is 127 Å². The Kier molecular flexibility index (Phi) is 15.2. The predicted molar refractivity (Wildman–Crippen MR) is 280 cm³/mol. The number of piperidine rings is 1. The van der Waals surface area contributed by atoms with E-state index < -0.39 is 35.6 Å². The van der Waals surface area contributed by atoms with E-state index in [1.807, 2.05) is 100 Å². The molecule has 0 unspecified atom stereocenters. The second-order valence-corrected chi connectivity index (χ2v) is 23.5. The number of aromatic nitrogens is 4. The molecule has 19 heteroatoms. The van der Waals surface area contributed by atoms with Crippen LogP contribution in [0.3, 0.4) is 0 Å². The number of aliphatic imine (C=N–C) groups is 1. The lowest BCUT2D eigenvalue weighted by Gasteiger charge is -2.40. The van der Waals surface area contributed by atoms with Gasteiger partial charge in [-0.1, -0.05) is 68.8 Å². The normalized spacial score (nSPS) is 22.2. The number of thiophene rings is 1. The summed E-state index contributed by atoms with van der Waals surface area (Å²) in [5.41, 5.74) is 7.96. The smallest absolute Gasteiger partial charge is 0.246 e. The molecule has 1 saturated carbocycles. The highest BCUT2D eigenvalue weighted by molar-refractivity contribution is 7.15. The number of nitrogens with zero attached hydrogens (tertiary/aromatic N) is 7. The van der Waals surface area contributed by atoms with Crippen LogP contribution in [0.2, 0.25) is 5.02 Å². The first kappa shape index (κ1) is 51.5. The van der Waals surface area contributed by atoms with Gasteiger partial charge in [-0.2, -0.15) is 0 Å². The number of thiazole rings is 1. The van der Waals surface area contributed by atoms with E-state index in [0.717, 1.165) is 67.8 Å². The number of likely N-dealkylation sites (tertiary alicyclic amines) is 2. The summed E-state index contributed by atoms with van der Waals surface area (Å²) >= 11 is 9.53. The van der Waals surface area contributed by atoms with Crippen molar-refractivity contribution in [1.29, 1.82) is 0 Å². The summed E-state index contributed by atoms with van der Waals surface area (Å²) in [4.78, 5) is 70.8. The number of aryl methyl sites for hydroxylation is 3. The lowest BCUT2D eigenvalue weighted by atomic mass is 9.85. The third-order valence-electron chi connectivity index (χ3n) is 14.5. The molecule has 4 aliphatic rings. The maximum Gasteiger partial charge on any atom is 0.246 e. The van der Waals surface area contributed by atoms with Crippen LogP contribution in [-0.2, 0) is 23.9 Å². The second-order valence-electron chi connectivity index (χ2n) is 21.0. The molecule has 382 valence electrons. The highest BCUT2D eigenvalue weighted by Crippen LogP contribution is 2.40. The first-order valence-corrected chi connectivity index (χ1v) is 27.0. The molecule has 4 amide bonds. The quantitative estimate of drug-likeness (QED) is 0.0890. The number of ether oxygens (including phenoxy) is 1. The molecule has 9 rings (SSSR count). The van der Waals surface area contributed by atoms with Gasteiger partial charge in [0.1, 0.15) is 29.0 Å².